The van der Waals surface area contributed by atoms with E-state index >= 15 is 0 Å². The van der Waals surface area contributed by atoms with Crippen molar-refractivity contribution in [2.24, 2.45) is 11.8 Å². The van der Waals surface area contributed by atoms with Gasteiger partial charge in [-0.25, -0.2) is 4.98 Å². The van der Waals surface area contributed by atoms with Gasteiger partial charge < -0.3 is 14.2 Å². The van der Waals surface area contributed by atoms with Gasteiger partial charge in [0.05, 0.1) is 31.2 Å². The second-order valence-corrected chi connectivity index (χ2v) is 8.45. The fraction of sp³-hybridized carbons (Fsp3) is 0.545. The van der Waals surface area contributed by atoms with Crippen molar-refractivity contribution in [1.82, 2.24) is 14.5 Å². The van der Waals surface area contributed by atoms with Gasteiger partial charge >= 0.3 is 0 Å². The van der Waals surface area contributed by atoms with E-state index in [1.54, 1.807) is 0 Å². The SMILES string of the molecule is O=C(CC1Cc2ccccc2C1)N1Cc2cncn2[C@H](COCC2CC2)C1. The van der Waals surface area contributed by atoms with Gasteiger partial charge in [-0.15, -0.1) is 0 Å². The maximum absolute atomic E-state index is 13.0. The van der Waals surface area contributed by atoms with E-state index in [9.17, 15) is 4.79 Å². The quantitative estimate of drug-likeness (QED) is 0.791. The van der Waals surface area contributed by atoms with Gasteiger partial charge in [0, 0.05) is 25.8 Å². The van der Waals surface area contributed by atoms with E-state index in [4.69, 9.17) is 4.74 Å². The van der Waals surface area contributed by atoms with Crippen molar-refractivity contribution in [1.29, 1.82) is 0 Å². The van der Waals surface area contributed by atoms with Crippen molar-refractivity contribution in [2.75, 3.05) is 19.8 Å². The Bertz CT molecular complexity index is 801. The molecule has 2 aromatic rings. The van der Waals surface area contributed by atoms with Gasteiger partial charge in [0.2, 0.25) is 5.91 Å². The van der Waals surface area contributed by atoms with Crippen LogP contribution < -0.4 is 0 Å². The number of aromatic nitrogens is 2. The number of ether oxygens (including phenoxy) is 1. The number of carbonyl (C=O) groups excluding carboxylic acids is 1. The first-order valence-corrected chi connectivity index (χ1v) is 10.2. The van der Waals surface area contributed by atoms with Crippen molar-refractivity contribution in [3.05, 3.63) is 53.6 Å². The number of fused-ring (bicyclic) bond motifs is 2. The highest BCUT2D eigenvalue weighted by atomic mass is 16.5. The molecule has 1 aromatic carbocycles. The van der Waals surface area contributed by atoms with Gasteiger partial charge in [0.25, 0.3) is 0 Å². The Kier molecular flexibility index (Phi) is 4.48. The van der Waals surface area contributed by atoms with Crippen LogP contribution in [0.1, 0.15) is 42.1 Å². The zero-order valence-electron chi connectivity index (χ0n) is 15.7. The van der Waals surface area contributed by atoms with Crippen molar-refractivity contribution >= 4 is 5.91 Å². The summed E-state index contributed by atoms with van der Waals surface area (Å²) in [5.74, 6) is 1.47. The summed E-state index contributed by atoms with van der Waals surface area (Å²) < 4.78 is 8.14. The number of benzene rings is 1. The first-order valence-electron chi connectivity index (χ1n) is 10.2. The lowest BCUT2D eigenvalue weighted by molar-refractivity contribution is -0.134. The molecule has 2 aliphatic carbocycles. The summed E-state index contributed by atoms with van der Waals surface area (Å²) in [6.07, 6.45) is 9.07. The van der Waals surface area contributed by atoms with Crippen LogP contribution in [0.15, 0.2) is 36.8 Å². The first-order chi connectivity index (χ1) is 13.3. The average Bonchev–Trinajstić information content (AvgIpc) is 3.21. The largest absolute Gasteiger partial charge is 0.379 e. The van der Waals surface area contributed by atoms with E-state index in [0.717, 1.165) is 37.6 Å². The van der Waals surface area contributed by atoms with Crippen LogP contribution in [-0.2, 0) is 28.9 Å². The molecule has 27 heavy (non-hydrogen) atoms. The van der Waals surface area contributed by atoms with Gasteiger partial charge in [-0.1, -0.05) is 24.3 Å². The molecular formula is C22H27N3O2. The minimum Gasteiger partial charge on any atom is -0.379 e. The fourth-order valence-electron chi connectivity index (χ4n) is 4.53. The molecular weight excluding hydrogens is 338 g/mol. The number of amides is 1. The topological polar surface area (TPSA) is 47.4 Å². The molecule has 5 heteroatoms. The van der Waals surface area contributed by atoms with Crippen LogP contribution in [0.4, 0.5) is 0 Å². The summed E-state index contributed by atoms with van der Waals surface area (Å²) >= 11 is 0. The van der Waals surface area contributed by atoms with Crippen LogP contribution >= 0.6 is 0 Å². The molecule has 1 saturated carbocycles. The summed E-state index contributed by atoms with van der Waals surface area (Å²) in [6, 6.07) is 8.78. The van der Waals surface area contributed by atoms with E-state index in [1.807, 2.05) is 17.4 Å². The number of nitrogens with zero attached hydrogens (tertiary/aromatic N) is 3. The molecule has 142 valence electrons. The monoisotopic (exact) mass is 365 g/mol. The summed E-state index contributed by atoms with van der Waals surface area (Å²) in [7, 11) is 0. The minimum absolute atomic E-state index is 0.180. The number of carbonyl (C=O) groups is 1. The van der Waals surface area contributed by atoms with Crippen LogP contribution in [0.2, 0.25) is 0 Å². The van der Waals surface area contributed by atoms with Gasteiger partial charge in [0.15, 0.2) is 0 Å². The van der Waals surface area contributed by atoms with Crippen molar-refractivity contribution in [3.8, 4) is 0 Å². The van der Waals surface area contributed by atoms with E-state index in [0.29, 0.717) is 25.5 Å². The van der Waals surface area contributed by atoms with Crippen molar-refractivity contribution < 1.29 is 9.53 Å². The normalized spacial score (nSPS) is 21.9. The predicted molar refractivity (Wildman–Crippen MR) is 102 cm³/mol. The lowest BCUT2D eigenvalue weighted by Gasteiger charge is -2.35. The highest BCUT2D eigenvalue weighted by Crippen LogP contribution is 2.31. The molecule has 0 saturated heterocycles. The Labute approximate surface area is 160 Å². The van der Waals surface area contributed by atoms with E-state index in [2.05, 4.69) is 33.8 Å². The molecule has 5 rings (SSSR count). The molecule has 0 bridgehead atoms. The van der Waals surface area contributed by atoms with E-state index < -0.39 is 0 Å². The average molecular weight is 365 g/mol. The molecule has 0 unspecified atom stereocenters. The molecule has 1 atom stereocenters. The maximum atomic E-state index is 13.0. The highest BCUT2D eigenvalue weighted by Gasteiger charge is 2.31. The summed E-state index contributed by atoms with van der Waals surface area (Å²) in [5, 5.41) is 0. The van der Waals surface area contributed by atoms with Crippen molar-refractivity contribution in [2.45, 2.75) is 44.7 Å². The predicted octanol–water partition coefficient (Wildman–Crippen LogP) is 3.00. The maximum Gasteiger partial charge on any atom is 0.223 e. The zero-order chi connectivity index (χ0) is 18.2. The van der Waals surface area contributed by atoms with Gasteiger partial charge in [-0.05, 0) is 48.6 Å². The fourth-order valence-corrected chi connectivity index (χ4v) is 4.53. The molecule has 5 nitrogen and oxygen atoms in total. The van der Waals surface area contributed by atoms with Crippen LogP contribution in [0.5, 0.6) is 0 Å². The Morgan fingerprint density at radius 1 is 1.11 bits per heavy atom. The number of hydrogen-bond donors (Lipinski definition) is 0. The van der Waals surface area contributed by atoms with Gasteiger partial charge in [-0.2, -0.15) is 0 Å². The van der Waals surface area contributed by atoms with Gasteiger partial charge in [-0.3, -0.25) is 4.79 Å². The number of imidazole rings is 1. The molecule has 1 amide bonds. The minimum atomic E-state index is 0.180. The second kappa shape index (κ2) is 7.12. The summed E-state index contributed by atoms with van der Waals surface area (Å²) in [4.78, 5) is 19.4. The van der Waals surface area contributed by atoms with Crippen LogP contribution in [0.3, 0.4) is 0 Å². The van der Waals surface area contributed by atoms with E-state index in [-0.39, 0.29) is 11.9 Å². The van der Waals surface area contributed by atoms with Gasteiger partial charge in [0.1, 0.15) is 0 Å². The van der Waals surface area contributed by atoms with Crippen LogP contribution in [-0.4, -0.2) is 40.1 Å². The smallest absolute Gasteiger partial charge is 0.223 e. The third kappa shape index (κ3) is 3.65. The Balaban J connectivity index is 1.21. The summed E-state index contributed by atoms with van der Waals surface area (Å²) in [6.45, 7) is 2.91. The van der Waals surface area contributed by atoms with Crippen molar-refractivity contribution in [3.63, 3.8) is 0 Å². The second-order valence-electron chi connectivity index (χ2n) is 8.45. The third-order valence-corrected chi connectivity index (χ3v) is 6.24. The Morgan fingerprint density at radius 3 is 2.63 bits per heavy atom. The molecule has 1 fully saturated rings. The Morgan fingerprint density at radius 2 is 1.89 bits per heavy atom. The zero-order valence-corrected chi connectivity index (χ0v) is 15.7. The highest BCUT2D eigenvalue weighted by molar-refractivity contribution is 5.76. The molecule has 3 aliphatic rings. The standard InChI is InChI=1S/C22H27N3O2/c26-22(9-17-7-18-3-1-2-4-19(18)8-17)24-11-20-10-23-15-25(20)21(12-24)14-27-13-16-5-6-16/h1-4,10,15-17,21H,5-9,11-14H2/t21-/m0/s1. The molecule has 0 spiro atoms. The lowest BCUT2D eigenvalue weighted by atomic mass is 10.0. The molecule has 1 aromatic heterocycles. The first kappa shape index (κ1) is 17.0. The molecule has 0 radical (unpaired) electrons. The summed E-state index contributed by atoms with van der Waals surface area (Å²) in [5.41, 5.74) is 3.95. The molecule has 1 aliphatic heterocycles. The number of hydrogen-bond acceptors (Lipinski definition) is 3. The van der Waals surface area contributed by atoms with Crippen LogP contribution in [0.25, 0.3) is 0 Å². The van der Waals surface area contributed by atoms with Crippen LogP contribution in [0, 0.1) is 11.8 Å². The van der Waals surface area contributed by atoms with E-state index in [1.165, 1.54) is 24.0 Å². The Hall–Kier alpha value is -2.14. The number of rotatable bonds is 6. The molecule has 2 heterocycles. The molecule has 0 N–H and O–H groups in total. The lowest BCUT2D eigenvalue weighted by Crippen LogP contribution is -2.42. The third-order valence-electron chi connectivity index (χ3n) is 6.24.